The lowest BCUT2D eigenvalue weighted by Gasteiger charge is -2.23. The van der Waals surface area contributed by atoms with Crippen LogP contribution in [0.1, 0.15) is 45.4 Å². The van der Waals surface area contributed by atoms with E-state index in [9.17, 15) is 5.11 Å². The van der Waals surface area contributed by atoms with E-state index >= 15 is 0 Å². The van der Waals surface area contributed by atoms with Gasteiger partial charge in [0, 0.05) is 0 Å². The van der Waals surface area contributed by atoms with Gasteiger partial charge in [0.15, 0.2) is 0 Å². The lowest BCUT2D eigenvalue weighted by atomic mass is 9.92. The van der Waals surface area contributed by atoms with E-state index in [2.05, 4.69) is 20.1 Å². The molecule has 0 aliphatic carbocycles. The maximum absolute atomic E-state index is 10.3. The Hall–Kier alpha value is -0.820. The number of hydrogen-bond donors (Lipinski definition) is 1. The van der Waals surface area contributed by atoms with Crippen LogP contribution in [0.25, 0.3) is 0 Å². The van der Waals surface area contributed by atoms with E-state index in [0.717, 1.165) is 19.3 Å². The summed E-state index contributed by atoms with van der Waals surface area (Å²) >= 11 is 0. The highest BCUT2D eigenvalue weighted by atomic mass is 16.3. The van der Waals surface area contributed by atoms with E-state index in [1.807, 2.05) is 18.2 Å². The molecule has 0 saturated heterocycles. The van der Waals surface area contributed by atoms with Gasteiger partial charge in [-0.1, -0.05) is 50.5 Å². The van der Waals surface area contributed by atoms with Crippen LogP contribution in [0.5, 0.6) is 0 Å². The van der Waals surface area contributed by atoms with E-state index in [1.165, 1.54) is 12.8 Å². The van der Waals surface area contributed by atoms with Gasteiger partial charge in [0.05, 0.1) is 5.60 Å². The highest BCUT2D eigenvalue weighted by molar-refractivity contribution is 5.05. The first-order valence-electron chi connectivity index (χ1n) is 5.80. The Balaban J connectivity index is 4.16. The lowest BCUT2D eigenvalue weighted by molar-refractivity contribution is 0.0815. The molecule has 0 rings (SSSR count). The summed E-state index contributed by atoms with van der Waals surface area (Å²) in [4.78, 5) is 0. The fraction of sp³-hybridized carbons (Fsp3) is 0.571. The zero-order chi connectivity index (χ0) is 11.6. The molecular weight excluding hydrogens is 184 g/mol. The summed E-state index contributed by atoms with van der Waals surface area (Å²) in [6, 6.07) is 0. The van der Waals surface area contributed by atoms with Crippen molar-refractivity contribution in [3.05, 3.63) is 37.5 Å². The molecule has 1 atom stereocenters. The van der Waals surface area contributed by atoms with E-state index in [0.29, 0.717) is 6.42 Å². The maximum atomic E-state index is 10.3. The second-order valence-corrected chi connectivity index (χ2v) is 3.98. The van der Waals surface area contributed by atoms with Crippen LogP contribution >= 0.6 is 0 Å². The Morgan fingerprint density at radius 2 is 1.93 bits per heavy atom. The first-order valence-corrected chi connectivity index (χ1v) is 5.80. The minimum Gasteiger partial charge on any atom is -0.385 e. The molecule has 15 heavy (non-hydrogen) atoms. The van der Waals surface area contributed by atoms with Crippen molar-refractivity contribution in [2.45, 2.75) is 51.0 Å². The third kappa shape index (κ3) is 7.15. The third-order valence-corrected chi connectivity index (χ3v) is 2.44. The minimum atomic E-state index is -0.695. The smallest absolute Gasteiger partial charge is 0.0861 e. The first kappa shape index (κ1) is 14.2. The number of aliphatic hydroxyl groups is 1. The SMILES string of the molecule is C=CC/C=C/C(O)(CC=C)CCCCC. The second kappa shape index (κ2) is 8.49. The fourth-order valence-electron chi connectivity index (χ4n) is 1.57. The highest BCUT2D eigenvalue weighted by Crippen LogP contribution is 2.21. The molecule has 0 aromatic heterocycles. The van der Waals surface area contributed by atoms with E-state index in [1.54, 1.807) is 6.08 Å². The molecule has 1 N–H and O–H groups in total. The average molecular weight is 208 g/mol. The molecule has 0 radical (unpaired) electrons. The Morgan fingerprint density at radius 1 is 1.20 bits per heavy atom. The third-order valence-electron chi connectivity index (χ3n) is 2.44. The van der Waals surface area contributed by atoms with Gasteiger partial charge >= 0.3 is 0 Å². The van der Waals surface area contributed by atoms with E-state index in [-0.39, 0.29) is 0 Å². The van der Waals surface area contributed by atoms with Crippen LogP contribution in [0, 0.1) is 0 Å². The normalized spacial score (nSPS) is 15.1. The number of hydrogen-bond acceptors (Lipinski definition) is 1. The van der Waals surface area contributed by atoms with Gasteiger partial charge in [-0.3, -0.25) is 0 Å². The van der Waals surface area contributed by atoms with Gasteiger partial charge in [-0.15, -0.1) is 13.2 Å². The molecule has 0 spiro atoms. The summed E-state index contributed by atoms with van der Waals surface area (Å²) in [5.41, 5.74) is -0.695. The Labute approximate surface area is 94.2 Å². The fourth-order valence-corrected chi connectivity index (χ4v) is 1.57. The number of unbranched alkanes of at least 4 members (excludes halogenated alkanes) is 2. The molecule has 0 amide bonds. The van der Waals surface area contributed by atoms with Crippen molar-refractivity contribution < 1.29 is 5.11 Å². The van der Waals surface area contributed by atoms with Gasteiger partial charge in [-0.25, -0.2) is 0 Å². The van der Waals surface area contributed by atoms with Gasteiger partial charge < -0.3 is 5.11 Å². The molecule has 0 heterocycles. The topological polar surface area (TPSA) is 20.2 Å². The standard InChI is InChI=1S/C14H24O/c1-4-7-9-12-14(15,11-6-3)13-10-8-5-2/h4,6,9,12,15H,1,3,5,7-8,10-11,13H2,2H3/b12-9+. The molecule has 0 aromatic rings. The lowest BCUT2D eigenvalue weighted by Crippen LogP contribution is -2.24. The predicted octanol–water partition coefficient (Wildman–Crippen LogP) is 4.01. The summed E-state index contributed by atoms with van der Waals surface area (Å²) < 4.78 is 0. The molecule has 0 aliphatic rings. The second-order valence-electron chi connectivity index (χ2n) is 3.98. The molecule has 1 unspecified atom stereocenters. The number of rotatable bonds is 9. The van der Waals surface area contributed by atoms with E-state index in [4.69, 9.17) is 0 Å². The van der Waals surface area contributed by atoms with Gasteiger partial charge in [-0.05, 0) is 19.3 Å². The zero-order valence-electron chi connectivity index (χ0n) is 9.91. The van der Waals surface area contributed by atoms with Gasteiger partial charge in [0.2, 0.25) is 0 Å². The monoisotopic (exact) mass is 208 g/mol. The van der Waals surface area contributed by atoms with Gasteiger partial charge in [-0.2, -0.15) is 0 Å². The molecule has 86 valence electrons. The Kier molecular flexibility index (Phi) is 8.02. The highest BCUT2D eigenvalue weighted by Gasteiger charge is 2.20. The molecule has 1 heteroatoms. The van der Waals surface area contributed by atoms with Crippen molar-refractivity contribution in [2.75, 3.05) is 0 Å². The van der Waals surface area contributed by atoms with Crippen LogP contribution in [-0.2, 0) is 0 Å². The Bertz CT molecular complexity index is 205. The quantitative estimate of drug-likeness (QED) is 0.448. The summed E-state index contributed by atoms with van der Waals surface area (Å²) in [6.07, 6.45) is 13.2. The van der Waals surface area contributed by atoms with Crippen molar-refractivity contribution in [3.63, 3.8) is 0 Å². The van der Waals surface area contributed by atoms with Crippen molar-refractivity contribution in [2.24, 2.45) is 0 Å². The zero-order valence-corrected chi connectivity index (χ0v) is 9.91. The van der Waals surface area contributed by atoms with E-state index < -0.39 is 5.60 Å². The van der Waals surface area contributed by atoms with Crippen LogP contribution in [0.4, 0.5) is 0 Å². The molecule has 1 nitrogen and oxygen atoms in total. The molecule has 0 fully saturated rings. The first-order chi connectivity index (χ1) is 7.18. The van der Waals surface area contributed by atoms with Crippen molar-refractivity contribution in [3.8, 4) is 0 Å². The van der Waals surface area contributed by atoms with Crippen LogP contribution in [0.2, 0.25) is 0 Å². The summed E-state index contributed by atoms with van der Waals surface area (Å²) in [7, 11) is 0. The largest absolute Gasteiger partial charge is 0.385 e. The van der Waals surface area contributed by atoms with Crippen LogP contribution < -0.4 is 0 Å². The molecule has 0 bridgehead atoms. The summed E-state index contributed by atoms with van der Waals surface area (Å²) in [5.74, 6) is 0. The predicted molar refractivity (Wildman–Crippen MR) is 67.9 cm³/mol. The molecular formula is C14H24O. The minimum absolute atomic E-state index is 0.629. The molecule has 0 saturated carbocycles. The molecule has 0 aromatic carbocycles. The van der Waals surface area contributed by atoms with Gasteiger partial charge in [0.1, 0.15) is 0 Å². The van der Waals surface area contributed by atoms with Crippen LogP contribution in [-0.4, -0.2) is 10.7 Å². The van der Waals surface area contributed by atoms with Crippen molar-refractivity contribution >= 4 is 0 Å². The average Bonchev–Trinajstić information content (AvgIpc) is 2.19. The van der Waals surface area contributed by atoms with Crippen molar-refractivity contribution in [1.29, 1.82) is 0 Å². The van der Waals surface area contributed by atoms with Crippen LogP contribution in [0.3, 0.4) is 0 Å². The summed E-state index contributed by atoms with van der Waals surface area (Å²) in [5, 5.41) is 10.3. The van der Waals surface area contributed by atoms with Crippen molar-refractivity contribution in [1.82, 2.24) is 0 Å². The Morgan fingerprint density at radius 3 is 2.47 bits per heavy atom. The summed E-state index contributed by atoms with van der Waals surface area (Å²) in [6.45, 7) is 9.50. The maximum Gasteiger partial charge on any atom is 0.0861 e. The molecule has 0 aliphatic heterocycles. The van der Waals surface area contributed by atoms with Crippen LogP contribution in [0.15, 0.2) is 37.5 Å². The number of allylic oxidation sites excluding steroid dienone is 2. The van der Waals surface area contributed by atoms with Gasteiger partial charge in [0.25, 0.3) is 0 Å².